The quantitative estimate of drug-likeness (QED) is 0.826. The number of carbonyl (C=O) groups excluding carboxylic acids is 1. The van der Waals surface area contributed by atoms with E-state index in [0.717, 1.165) is 31.4 Å². The van der Waals surface area contributed by atoms with Crippen molar-refractivity contribution in [2.24, 2.45) is 0 Å². The minimum atomic E-state index is -0.331. The summed E-state index contributed by atoms with van der Waals surface area (Å²) < 4.78 is 13.1. The molecule has 92 valence electrons. The van der Waals surface area contributed by atoms with Crippen LogP contribution in [0.2, 0.25) is 0 Å². The van der Waals surface area contributed by atoms with E-state index in [4.69, 9.17) is 0 Å². The first-order chi connectivity index (χ1) is 8.16. The van der Waals surface area contributed by atoms with E-state index in [1.807, 2.05) is 6.92 Å². The molecular weight excluding hydrogens is 219 g/mol. The van der Waals surface area contributed by atoms with Gasteiger partial charge in [-0.3, -0.25) is 4.79 Å². The number of amides is 1. The molecule has 0 spiro atoms. The average molecular weight is 236 g/mol. The highest BCUT2D eigenvalue weighted by molar-refractivity contribution is 5.95. The number of halogens is 1. The molecule has 0 saturated carbocycles. The summed E-state index contributed by atoms with van der Waals surface area (Å²) in [5.74, 6) is -0.402. The lowest BCUT2D eigenvalue weighted by Crippen LogP contribution is -2.43. The maximum atomic E-state index is 13.1. The van der Waals surface area contributed by atoms with E-state index in [9.17, 15) is 9.18 Å². The number of rotatable bonds is 2. The molecule has 4 heteroatoms. The van der Waals surface area contributed by atoms with Crippen LogP contribution in [0, 0.1) is 12.7 Å². The summed E-state index contributed by atoms with van der Waals surface area (Å²) in [5, 5.41) is 5.95. The number of aryl methyl sites for hydroxylation is 1. The zero-order valence-corrected chi connectivity index (χ0v) is 9.92. The van der Waals surface area contributed by atoms with Crippen LogP contribution in [0.4, 0.5) is 10.1 Å². The van der Waals surface area contributed by atoms with Gasteiger partial charge in [-0.25, -0.2) is 4.39 Å². The van der Waals surface area contributed by atoms with E-state index in [2.05, 4.69) is 10.6 Å². The fraction of sp³-hybridized carbons (Fsp3) is 0.462. The Bertz CT molecular complexity index is 414. The van der Waals surface area contributed by atoms with Crippen LogP contribution in [0.15, 0.2) is 18.2 Å². The molecule has 0 unspecified atom stereocenters. The van der Waals surface area contributed by atoms with Crippen LogP contribution in [-0.4, -0.2) is 18.5 Å². The van der Waals surface area contributed by atoms with E-state index in [1.54, 1.807) is 6.07 Å². The molecule has 1 atom stereocenters. The Morgan fingerprint density at radius 2 is 2.29 bits per heavy atom. The molecule has 1 fully saturated rings. The number of nitrogens with one attached hydrogen (secondary N) is 2. The minimum Gasteiger partial charge on any atom is -0.324 e. The Hall–Kier alpha value is -1.42. The molecular formula is C13H17FN2O. The highest BCUT2D eigenvalue weighted by atomic mass is 19.1. The molecule has 1 aromatic rings. The minimum absolute atomic E-state index is 0.0709. The number of anilines is 1. The Morgan fingerprint density at radius 3 is 3.00 bits per heavy atom. The van der Waals surface area contributed by atoms with E-state index in [0.29, 0.717) is 5.69 Å². The zero-order valence-electron chi connectivity index (χ0n) is 9.92. The number of carbonyl (C=O) groups is 1. The predicted molar refractivity (Wildman–Crippen MR) is 65.4 cm³/mol. The molecule has 0 aliphatic carbocycles. The van der Waals surface area contributed by atoms with Gasteiger partial charge in [-0.05, 0) is 44.0 Å². The van der Waals surface area contributed by atoms with Gasteiger partial charge in [0.1, 0.15) is 5.82 Å². The molecule has 1 saturated heterocycles. The molecule has 0 bridgehead atoms. The predicted octanol–water partition coefficient (Wildman–Crippen LogP) is 2.21. The highest BCUT2D eigenvalue weighted by Gasteiger charge is 2.20. The van der Waals surface area contributed by atoms with Crippen molar-refractivity contribution in [2.75, 3.05) is 11.9 Å². The van der Waals surface area contributed by atoms with Gasteiger partial charge in [0.05, 0.1) is 6.04 Å². The van der Waals surface area contributed by atoms with E-state index in [-0.39, 0.29) is 17.8 Å². The van der Waals surface area contributed by atoms with Crippen LogP contribution in [0.25, 0.3) is 0 Å². The molecule has 2 N–H and O–H groups in total. The summed E-state index contributed by atoms with van der Waals surface area (Å²) >= 11 is 0. The van der Waals surface area contributed by atoms with Crippen molar-refractivity contribution in [3.05, 3.63) is 29.6 Å². The van der Waals surface area contributed by atoms with Gasteiger partial charge in [0.25, 0.3) is 0 Å². The molecule has 1 aliphatic heterocycles. The van der Waals surface area contributed by atoms with E-state index >= 15 is 0 Å². The highest BCUT2D eigenvalue weighted by Crippen LogP contribution is 2.17. The van der Waals surface area contributed by atoms with Crippen LogP contribution in [0.3, 0.4) is 0 Å². The van der Waals surface area contributed by atoms with Crippen molar-refractivity contribution in [3.63, 3.8) is 0 Å². The van der Waals surface area contributed by atoms with Gasteiger partial charge in [-0.1, -0.05) is 12.5 Å². The lowest BCUT2D eigenvalue weighted by Gasteiger charge is -2.22. The zero-order chi connectivity index (χ0) is 12.3. The standard InChI is InChI=1S/C13H17FN2O/c1-9-5-6-10(14)8-12(9)16-13(17)11-4-2-3-7-15-11/h5-6,8,11,15H,2-4,7H2,1H3,(H,16,17)/t11-/m1/s1. The largest absolute Gasteiger partial charge is 0.324 e. The monoisotopic (exact) mass is 236 g/mol. The summed E-state index contributed by atoms with van der Waals surface area (Å²) in [6, 6.07) is 4.27. The second-order valence-corrected chi connectivity index (χ2v) is 4.45. The lowest BCUT2D eigenvalue weighted by atomic mass is 10.0. The van der Waals surface area contributed by atoms with Gasteiger partial charge in [0.2, 0.25) is 5.91 Å². The lowest BCUT2D eigenvalue weighted by molar-refractivity contribution is -0.118. The topological polar surface area (TPSA) is 41.1 Å². The average Bonchev–Trinajstić information content (AvgIpc) is 2.35. The SMILES string of the molecule is Cc1ccc(F)cc1NC(=O)[C@H]1CCCCN1. The summed E-state index contributed by atoms with van der Waals surface area (Å²) in [7, 11) is 0. The first-order valence-electron chi connectivity index (χ1n) is 5.97. The van der Waals surface area contributed by atoms with Gasteiger partial charge in [0, 0.05) is 5.69 Å². The maximum absolute atomic E-state index is 13.1. The van der Waals surface area contributed by atoms with Crippen LogP contribution in [0.1, 0.15) is 24.8 Å². The Labute approximate surface area is 100 Å². The van der Waals surface area contributed by atoms with Gasteiger partial charge in [-0.2, -0.15) is 0 Å². The summed E-state index contributed by atoms with van der Waals surface area (Å²) in [4.78, 5) is 11.9. The number of benzene rings is 1. The first-order valence-corrected chi connectivity index (χ1v) is 5.97. The smallest absolute Gasteiger partial charge is 0.241 e. The second-order valence-electron chi connectivity index (χ2n) is 4.45. The summed E-state index contributed by atoms with van der Waals surface area (Å²) in [6.07, 6.45) is 3.02. The molecule has 2 rings (SSSR count). The third-order valence-electron chi connectivity index (χ3n) is 3.08. The second kappa shape index (κ2) is 5.27. The van der Waals surface area contributed by atoms with Crippen molar-refractivity contribution >= 4 is 11.6 Å². The third-order valence-corrected chi connectivity index (χ3v) is 3.08. The Kier molecular flexibility index (Phi) is 3.74. The maximum Gasteiger partial charge on any atom is 0.241 e. The van der Waals surface area contributed by atoms with Crippen molar-refractivity contribution in [1.29, 1.82) is 0 Å². The van der Waals surface area contributed by atoms with Crippen molar-refractivity contribution in [3.8, 4) is 0 Å². The normalized spacial score (nSPS) is 20.0. The molecule has 1 heterocycles. The van der Waals surface area contributed by atoms with E-state index < -0.39 is 0 Å². The van der Waals surface area contributed by atoms with Gasteiger partial charge in [-0.15, -0.1) is 0 Å². The fourth-order valence-corrected chi connectivity index (χ4v) is 2.02. The third kappa shape index (κ3) is 3.03. The molecule has 0 radical (unpaired) electrons. The molecule has 1 aliphatic rings. The first kappa shape index (κ1) is 12.0. The number of hydrogen-bond acceptors (Lipinski definition) is 2. The molecule has 3 nitrogen and oxygen atoms in total. The molecule has 17 heavy (non-hydrogen) atoms. The molecule has 0 aromatic heterocycles. The van der Waals surface area contributed by atoms with Gasteiger partial charge < -0.3 is 10.6 Å². The summed E-state index contributed by atoms with van der Waals surface area (Å²) in [5.41, 5.74) is 1.43. The van der Waals surface area contributed by atoms with Gasteiger partial charge in [0.15, 0.2) is 0 Å². The van der Waals surface area contributed by atoms with Crippen LogP contribution < -0.4 is 10.6 Å². The van der Waals surface area contributed by atoms with Crippen LogP contribution in [-0.2, 0) is 4.79 Å². The van der Waals surface area contributed by atoms with E-state index in [1.165, 1.54) is 12.1 Å². The Balaban J connectivity index is 2.04. The Morgan fingerprint density at radius 1 is 1.47 bits per heavy atom. The van der Waals surface area contributed by atoms with Crippen LogP contribution in [0.5, 0.6) is 0 Å². The van der Waals surface area contributed by atoms with Crippen molar-refractivity contribution in [2.45, 2.75) is 32.2 Å². The molecule has 1 aromatic carbocycles. The van der Waals surface area contributed by atoms with Crippen molar-refractivity contribution in [1.82, 2.24) is 5.32 Å². The summed E-state index contributed by atoms with van der Waals surface area (Å²) in [6.45, 7) is 2.73. The number of piperidine rings is 1. The molecule has 1 amide bonds. The van der Waals surface area contributed by atoms with Gasteiger partial charge >= 0.3 is 0 Å². The van der Waals surface area contributed by atoms with Crippen molar-refractivity contribution < 1.29 is 9.18 Å². The fourth-order valence-electron chi connectivity index (χ4n) is 2.02. The van der Waals surface area contributed by atoms with Crippen LogP contribution >= 0.6 is 0 Å². The number of hydrogen-bond donors (Lipinski definition) is 2.